The lowest BCUT2D eigenvalue weighted by molar-refractivity contribution is 0.267. The fourth-order valence-electron chi connectivity index (χ4n) is 2.07. The highest BCUT2D eigenvalue weighted by Crippen LogP contribution is 2.31. The van der Waals surface area contributed by atoms with E-state index in [4.69, 9.17) is 10.1 Å². The molecule has 0 heterocycles. The Balaban J connectivity index is 2.40. The van der Waals surface area contributed by atoms with E-state index < -0.39 is 0 Å². The highest BCUT2D eigenvalue weighted by Gasteiger charge is 2.24. The van der Waals surface area contributed by atoms with Gasteiger partial charge in [-0.15, -0.1) is 0 Å². The summed E-state index contributed by atoms with van der Waals surface area (Å²) in [4.78, 5) is 0. The molecule has 2 unspecified atom stereocenters. The van der Waals surface area contributed by atoms with E-state index in [1.807, 2.05) is 0 Å². The van der Waals surface area contributed by atoms with E-state index in [9.17, 15) is 0 Å². The Morgan fingerprint density at radius 3 is 2.83 bits per heavy atom. The highest BCUT2D eigenvalue weighted by atomic mass is 16.5. The number of hydrogen-bond donors (Lipinski definition) is 1. The number of hydrogen-bond acceptors (Lipinski definition) is 2. The maximum atomic E-state index is 7.57. The third-order valence-corrected chi connectivity index (χ3v) is 2.95. The van der Waals surface area contributed by atoms with E-state index in [-0.39, 0.29) is 0 Å². The van der Waals surface area contributed by atoms with Gasteiger partial charge in [0.1, 0.15) is 0 Å². The Hall–Kier alpha value is -0.530. The average Bonchev–Trinajstić information content (AvgIpc) is 2.17. The molecule has 2 heteroatoms. The van der Waals surface area contributed by atoms with Crippen LogP contribution in [0.5, 0.6) is 0 Å². The number of nitrogens with one attached hydrogen (secondary N) is 1. The average molecular weight is 169 g/mol. The van der Waals surface area contributed by atoms with Crippen LogP contribution < -0.4 is 0 Å². The van der Waals surface area contributed by atoms with Gasteiger partial charge in [-0.2, -0.15) is 0 Å². The van der Waals surface area contributed by atoms with Gasteiger partial charge in [-0.05, 0) is 18.8 Å². The molecule has 0 aromatic rings. The van der Waals surface area contributed by atoms with Crippen molar-refractivity contribution in [3.63, 3.8) is 0 Å². The van der Waals surface area contributed by atoms with Gasteiger partial charge in [0.05, 0.1) is 7.11 Å². The monoisotopic (exact) mass is 169 g/mol. The SMILES string of the molecule is CCC1CCCC(C(=N)OC)C1. The highest BCUT2D eigenvalue weighted by molar-refractivity contribution is 5.75. The van der Waals surface area contributed by atoms with E-state index in [1.165, 1.54) is 25.7 Å². The van der Waals surface area contributed by atoms with Crippen LogP contribution in [0.4, 0.5) is 0 Å². The fourth-order valence-corrected chi connectivity index (χ4v) is 2.07. The summed E-state index contributed by atoms with van der Waals surface area (Å²) in [5, 5.41) is 7.57. The maximum absolute atomic E-state index is 7.57. The largest absolute Gasteiger partial charge is 0.484 e. The van der Waals surface area contributed by atoms with Gasteiger partial charge >= 0.3 is 0 Å². The summed E-state index contributed by atoms with van der Waals surface area (Å²) >= 11 is 0. The molecule has 12 heavy (non-hydrogen) atoms. The molecule has 1 aliphatic carbocycles. The third kappa shape index (κ3) is 2.23. The van der Waals surface area contributed by atoms with Crippen LogP contribution in [0.15, 0.2) is 0 Å². The van der Waals surface area contributed by atoms with Crippen molar-refractivity contribution in [2.75, 3.05) is 7.11 Å². The Labute approximate surface area is 74.8 Å². The number of ether oxygens (including phenoxy) is 1. The van der Waals surface area contributed by atoms with Crippen molar-refractivity contribution in [3.8, 4) is 0 Å². The molecule has 2 atom stereocenters. The van der Waals surface area contributed by atoms with Crippen LogP contribution in [0.25, 0.3) is 0 Å². The lowest BCUT2D eigenvalue weighted by Gasteiger charge is -2.27. The van der Waals surface area contributed by atoms with Crippen LogP contribution in [-0.4, -0.2) is 13.0 Å². The molecule has 1 aliphatic rings. The zero-order chi connectivity index (χ0) is 8.97. The molecule has 0 amide bonds. The van der Waals surface area contributed by atoms with Crippen molar-refractivity contribution in [1.29, 1.82) is 5.41 Å². The minimum Gasteiger partial charge on any atom is -0.484 e. The summed E-state index contributed by atoms with van der Waals surface area (Å²) in [6, 6.07) is 0. The summed E-state index contributed by atoms with van der Waals surface area (Å²) in [6.45, 7) is 2.24. The van der Waals surface area contributed by atoms with Gasteiger partial charge in [-0.25, -0.2) is 0 Å². The quantitative estimate of drug-likeness (QED) is 0.500. The van der Waals surface area contributed by atoms with Crippen molar-refractivity contribution < 1.29 is 4.74 Å². The summed E-state index contributed by atoms with van der Waals surface area (Å²) in [7, 11) is 1.61. The lowest BCUT2D eigenvalue weighted by Crippen LogP contribution is -2.23. The van der Waals surface area contributed by atoms with Gasteiger partial charge in [-0.1, -0.05) is 26.2 Å². The standard InChI is InChI=1S/C10H19NO/c1-3-8-5-4-6-9(7-8)10(11)12-2/h8-9,11H,3-7H2,1-2H3. The van der Waals surface area contributed by atoms with Crippen LogP contribution in [0.3, 0.4) is 0 Å². The van der Waals surface area contributed by atoms with Gasteiger partial charge < -0.3 is 4.74 Å². The van der Waals surface area contributed by atoms with Crippen molar-refractivity contribution >= 4 is 5.90 Å². The van der Waals surface area contributed by atoms with Gasteiger partial charge in [0.2, 0.25) is 0 Å². The molecular formula is C10H19NO. The zero-order valence-electron chi connectivity index (χ0n) is 8.10. The Kier molecular flexibility index (Phi) is 3.57. The molecule has 0 aliphatic heterocycles. The molecule has 0 saturated heterocycles. The second-order valence-electron chi connectivity index (χ2n) is 3.71. The van der Waals surface area contributed by atoms with E-state index in [2.05, 4.69) is 6.92 Å². The van der Waals surface area contributed by atoms with E-state index in [1.54, 1.807) is 7.11 Å². The molecule has 1 fully saturated rings. The van der Waals surface area contributed by atoms with E-state index >= 15 is 0 Å². The first-order valence-electron chi connectivity index (χ1n) is 4.90. The first-order valence-corrected chi connectivity index (χ1v) is 4.90. The van der Waals surface area contributed by atoms with Crippen LogP contribution >= 0.6 is 0 Å². The molecule has 0 spiro atoms. The van der Waals surface area contributed by atoms with Gasteiger partial charge in [-0.3, -0.25) is 5.41 Å². The fraction of sp³-hybridized carbons (Fsp3) is 0.900. The third-order valence-electron chi connectivity index (χ3n) is 2.95. The molecule has 1 saturated carbocycles. The van der Waals surface area contributed by atoms with Crippen LogP contribution in [-0.2, 0) is 4.74 Å². The van der Waals surface area contributed by atoms with Crippen LogP contribution in [0, 0.1) is 17.2 Å². The van der Waals surface area contributed by atoms with Crippen molar-refractivity contribution in [2.45, 2.75) is 39.0 Å². The molecule has 0 aromatic heterocycles. The Bertz CT molecular complexity index is 156. The smallest absolute Gasteiger partial charge is 0.183 e. The zero-order valence-corrected chi connectivity index (χ0v) is 8.10. The van der Waals surface area contributed by atoms with Crippen molar-refractivity contribution in [3.05, 3.63) is 0 Å². The summed E-state index contributed by atoms with van der Waals surface area (Å²) in [5.74, 6) is 1.74. The Morgan fingerprint density at radius 1 is 1.50 bits per heavy atom. The number of rotatable bonds is 2. The predicted octanol–water partition coefficient (Wildman–Crippen LogP) is 2.83. The van der Waals surface area contributed by atoms with E-state index in [0.29, 0.717) is 11.8 Å². The maximum Gasteiger partial charge on any atom is 0.183 e. The van der Waals surface area contributed by atoms with Gasteiger partial charge in [0, 0.05) is 5.92 Å². The van der Waals surface area contributed by atoms with Crippen molar-refractivity contribution in [2.24, 2.45) is 11.8 Å². The first kappa shape index (κ1) is 9.56. The lowest BCUT2D eigenvalue weighted by atomic mass is 9.80. The predicted molar refractivity (Wildman–Crippen MR) is 50.5 cm³/mol. The molecule has 70 valence electrons. The molecule has 2 nitrogen and oxygen atoms in total. The molecule has 0 radical (unpaired) electrons. The Morgan fingerprint density at radius 2 is 2.25 bits per heavy atom. The summed E-state index contributed by atoms with van der Waals surface area (Å²) < 4.78 is 4.97. The number of methoxy groups -OCH3 is 1. The van der Waals surface area contributed by atoms with Crippen LogP contribution in [0.1, 0.15) is 39.0 Å². The summed E-state index contributed by atoms with van der Waals surface area (Å²) in [6.07, 6.45) is 6.21. The second kappa shape index (κ2) is 4.48. The second-order valence-corrected chi connectivity index (χ2v) is 3.71. The first-order chi connectivity index (χ1) is 5.77. The van der Waals surface area contributed by atoms with Crippen molar-refractivity contribution in [1.82, 2.24) is 0 Å². The molecule has 1 rings (SSSR count). The van der Waals surface area contributed by atoms with Crippen LogP contribution in [0.2, 0.25) is 0 Å². The minimum atomic E-state index is 0.411. The molecular weight excluding hydrogens is 150 g/mol. The van der Waals surface area contributed by atoms with E-state index in [0.717, 1.165) is 12.3 Å². The normalized spacial score (nSPS) is 29.8. The van der Waals surface area contributed by atoms with Gasteiger partial charge in [0.15, 0.2) is 5.90 Å². The van der Waals surface area contributed by atoms with Gasteiger partial charge in [0.25, 0.3) is 0 Å². The topological polar surface area (TPSA) is 33.1 Å². The minimum absolute atomic E-state index is 0.411. The summed E-state index contributed by atoms with van der Waals surface area (Å²) in [5.41, 5.74) is 0. The molecule has 0 bridgehead atoms. The molecule has 1 N–H and O–H groups in total. The molecule has 0 aromatic carbocycles.